The van der Waals surface area contributed by atoms with Gasteiger partial charge in [0.05, 0.1) is 4.92 Å². The molecule has 0 bridgehead atoms. The molecule has 1 amide bonds. The van der Waals surface area contributed by atoms with Crippen molar-refractivity contribution < 1.29 is 14.1 Å². The van der Waals surface area contributed by atoms with E-state index in [1.807, 2.05) is 6.07 Å². The molecule has 27 heavy (non-hydrogen) atoms. The fourth-order valence-electron chi connectivity index (χ4n) is 3.16. The van der Waals surface area contributed by atoms with E-state index in [0.717, 1.165) is 25.7 Å². The van der Waals surface area contributed by atoms with E-state index < -0.39 is 10.8 Å². The highest BCUT2D eigenvalue weighted by Crippen LogP contribution is 2.26. The normalized spacial score (nSPS) is 15.1. The van der Waals surface area contributed by atoms with E-state index in [-0.39, 0.29) is 17.3 Å². The van der Waals surface area contributed by atoms with Gasteiger partial charge >= 0.3 is 0 Å². The summed E-state index contributed by atoms with van der Waals surface area (Å²) < 4.78 is 5.65. The maximum atomic E-state index is 12.3. The Labute approximate surface area is 156 Å². The zero-order valence-electron chi connectivity index (χ0n) is 14.7. The molecule has 1 aromatic carbocycles. The number of nitrogens with one attached hydrogen (secondary N) is 1. The number of nitriles is 1. The molecule has 0 radical (unpaired) electrons. The van der Waals surface area contributed by atoms with Gasteiger partial charge in [0.15, 0.2) is 0 Å². The summed E-state index contributed by atoms with van der Waals surface area (Å²) in [6, 6.07) is 11.4. The van der Waals surface area contributed by atoms with Gasteiger partial charge in [-0.15, -0.1) is 0 Å². The van der Waals surface area contributed by atoms with Gasteiger partial charge in [-0.2, -0.15) is 5.26 Å². The number of hydrogen-bond donors (Lipinski definition) is 1. The minimum absolute atomic E-state index is 0.0273. The molecule has 0 aliphatic heterocycles. The van der Waals surface area contributed by atoms with Crippen molar-refractivity contribution >= 4 is 17.7 Å². The number of carbonyl (C=O) groups is 1. The quantitative estimate of drug-likeness (QED) is 0.369. The van der Waals surface area contributed by atoms with Crippen LogP contribution in [0.25, 0.3) is 17.4 Å². The number of rotatable bonds is 5. The second-order valence-electron chi connectivity index (χ2n) is 6.49. The average Bonchev–Trinajstić information content (AvgIpc) is 3.15. The molecule has 1 fully saturated rings. The topological polar surface area (TPSA) is 109 Å². The Hall–Kier alpha value is -3.40. The number of hydrogen-bond acceptors (Lipinski definition) is 5. The average molecular weight is 365 g/mol. The van der Waals surface area contributed by atoms with Gasteiger partial charge in [0.2, 0.25) is 0 Å². The summed E-state index contributed by atoms with van der Waals surface area (Å²) >= 11 is 0. The van der Waals surface area contributed by atoms with Crippen LogP contribution in [0.3, 0.4) is 0 Å². The molecule has 7 nitrogen and oxygen atoms in total. The van der Waals surface area contributed by atoms with E-state index in [4.69, 9.17) is 4.42 Å². The van der Waals surface area contributed by atoms with Crippen LogP contribution >= 0.6 is 0 Å². The second-order valence-corrected chi connectivity index (χ2v) is 6.49. The molecule has 1 saturated carbocycles. The van der Waals surface area contributed by atoms with E-state index in [1.54, 1.807) is 24.3 Å². The first kappa shape index (κ1) is 18.4. The van der Waals surface area contributed by atoms with Crippen LogP contribution in [0.15, 0.2) is 46.4 Å². The molecule has 7 heteroatoms. The van der Waals surface area contributed by atoms with Crippen LogP contribution in [0, 0.1) is 21.4 Å². The lowest BCUT2D eigenvalue weighted by molar-refractivity contribution is -0.384. The highest BCUT2D eigenvalue weighted by atomic mass is 16.6. The van der Waals surface area contributed by atoms with Crippen LogP contribution in [0.5, 0.6) is 0 Å². The number of carbonyl (C=O) groups excluding carboxylic acids is 1. The molecular weight excluding hydrogens is 346 g/mol. The Balaban J connectivity index is 1.76. The van der Waals surface area contributed by atoms with Crippen LogP contribution < -0.4 is 5.32 Å². The van der Waals surface area contributed by atoms with E-state index in [1.165, 1.54) is 24.6 Å². The molecule has 1 aliphatic carbocycles. The highest BCUT2D eigenvalue weighted by molar-refractivity contribution is 6.01. The summed E-state index contributed by atoms with van der Waals surface area (Å²) in [4.78, 5) is 22.7. The summed E-state index contributed by atoms with van der Waals surface area (Å²) in [5, 5.41) is 23.1. The van der Waals surface area contributed by atoms with Gasteiger partial charge in [0.25, 0.3) is 11.6 Å². The summed E-state index contributed by atoms with van der Waals surface area (Å²) in [7, 11) is 0. The molecule has 3 rings (SSSR count). The molecule has 0 atom stereocenters. The number of nitro groups is 1. The fraction of sp³-hybridized carbons (Fsp3) is 0.300. The highest BCUT2D eigenvalue weighted by Gasteiger charge is 2.18. The smallest absolute Gasteiger partial charge is 0.270 e. The van der Waals surface area contributed by atoms with Crippen LogP contribution in [-0.2, 0) is 4.79 Å². The molecule has 0 saturated heterocycles. The Morgan fingerprint density at radius 1 is 1.26 bits per heavy atom. The van der Waals surface area contributed by atoms with Crippen molar-refractivity contribution in [2.45, 2.75) is 38.1 Å². The Morgan fingerprint density at radius 2 is 2.04 bits per heavy atom. The minimum Gasteiger partial charge on any atom is -0.457 e. The molecule has 1 aromatic heterocycles. The van der Waals surface area contributed by atoms with Crippen LogP contribution in [0.1, 0.15) is 37.9 Å². The summed E-state index contributed by atoms with van der Waals surface area (Å²) in [5.74, 6) is 0.361. The van der Waals surface area contributed by atoms with E-state index in [2.05, 4.69) is 5.32 Å². The van der Waals surface area contributed by atoms with Crippen molar-refractivity contribution in [2.75, 3.05) is 0 Å². The summed E-state index contributed by atoms with van der Waals surface area (Å²) in [6.07, 6.45) is 6.60. The van der Waals surface area contributed by atoms with Crippen molar-refractivity contribution in [3.05, 3.63) is 57.8 Å². The number of furan rings is 1. The number of benzene rings is 1. The number of amides is 1. The van der Waals surface area contributed by atoms with Gasteiger partial charge in [-0.3, -0.25) is 14.9 Å². The maximum Gasteiger partial charge on any atom is 0.270 e. The molecule has 2 aromatic rings. The zero-order chi connectivity index (χ0) is 19.2. The van der Waals surface area contributed by atoms with Crippen LogP contribution in [0.2, 0.25) is 0 Å². The largest absolute Gasteiger partial charge is 0.457 e. The number of nitro benzene ring substituents is 1. The molecular formula is C20H19N3O4. The van der Waals surface area contributed by atoms with Crippen molar-refractivity contribution in [2.24, 2.45) is 0 Å². The molecule has 0 unspecified atom stereocenters. The second kappa shape index (κ2) is 8.32. The van der Waals surface area contributed by atoms with E-state index in [9.17, 15) is 20.2 Å². The first-order chi connectivity index (χ1) is 13.1. The molecule has 1 aliphatic rings. The van der Waals surface area contributed by atoms with Crippen molar-refractivity contribution in [1.29, 1.82) is 5.26 Å². The third-order valence-corrected chi connectivity index (χ3v) is 4.56. The summed E-state index contributed by atoms with van der Waals surface area (Å²) in [6.45, 7) is 0. The van der Waals surface area contributed by atoms with Gasteiger partial charge in [0, 0.05) is 29.8 Å². The minimum atomic E-state index is -0.476. The lowest BCUT2D eigenvalue weighted by Gasteiger charge is -2.22. The van der Waals surface area contributed by atoms with Gasteiger partial charge in [-0.25, -0.2) is 0 Å². The summed E-state index contributed by atoms with van der Waals surface area (Å²) in [5.41, 5.74) is 0.486. The van der Waals surface area contributed by atoms with Crippen molar-refractivity contribution in [1.82, 2.24) is 5.32 Å². The molecule has 0 spiro atoms. The van der Waals surface area contributed by atoms with Crippen LogP contribution in [-0.4, -0.2) is 16.9 Å². The van der Waals surface area contributed by atoms with Crippen molar-refractivity contribution in [3.8, 4) is 17.4 Å². The first-order valence-electron chi connectivity index (χ1n) is 8.84. The molecule has 138 valence electrons. The lowest BCUT2D eigenvalue weighted by atomic mass is 9.95. The SMILES string of the molecule is N#C/C(=C\c1ccc(-c2cccc([N+](=O)[O-])c2)o1)C(=O)NC1CCCCC1. The number of non-ortho nitro benzene ring substituents is 1. The van der Waals surface area contributed by atoms with E-state index in [0.29, 0.717) is 17.1 Å². The standard InChI is InChI=1S/C20H19N3O4/c21-13-15(20(24)22-16-6-2-1-3-7-16)12-18-9-10-19(27-18)14-5-4-8-17(11-14)23(25)26/h4-5,8-12,16H,1-3,6-7H2,(H,22,24)/b15-12+. The predicted octanol–water partition coefficient (Wildman–Crippen LogP) is 4.21. The Morgan fingerprint density at radius 3 is 2.74 bits per heavy atom. The van der Waals surface area contributed by atoms with Gasteiger partial charge in [-0.1, -0.05) is 31.4 Å². The third kappa shape index (κ3) is 4.61. The third-order valence-electron chi connectivity index (χ3n) is 4.56. The van der Waals surface area contributed by atoms with Gasteiger partial charge in [0.1, 0.15) is 23.2 Å². The van der Waals surface area contributed by atoms with Crippen LogP contribution in [0.4, 0.5) is 5.69 Å². The Kier molecular flexibility index (Phi) is 5.67. The monoisotopic (exact) mass is 365 g/mol. The zero-order valence-corrected chi connectivity index (χ0v) is 14.7. The molecule has 1 heterocycles. The first-order valence-corrected chi connectivity index (χ1v) is 8.84. The fourth-order valence-corrected chi connectivity index (χ4v) is 3.16. The van der Waals surface area contributed by atoms with Gasteiger partial charge in [-0.05, 0) is 25.0 Å². The lowest BCUT2D eigenvalue weighted by Crippen LogP contribution is -2.36. The van der Waals surface area contributed by atoms with E-state index >= 15 is 0 Å². The van der Waals surface area contributed by atoms with Crippen molar-refractivity contribution in [3.63, 3.8) is 0 Å². The maximum absolute atomic E-state index is 12.3. The molecule has 1 N–H and O–H groups in total. The van der Waals surface area contributed by atoms with Gasteiger partial charge < -0.3 is 9.73 Å². The Bertz CT molecular complexity index is 917. The number of nitrogens with zero attached hydrogens (tertiary/aromatic N) is 2. The predicted molar refractivity (Wildman–Crippen MR) is 99.4 cm³/mol.